The standard InChI is InChI=1S/C12H21N5O/c1-4-9-11(16-13)14-7-15-12(9)17(3)10-5-6-18-8(10)2/h7-8,10H,4-6,13H2,1-3H3,(H,14,15,16). The van der Waals surface area contributed by atoms with Crippen LogP contribution in [0, 0.1) is 0 Å². The van der Waals surface area contributed by atoms with Gasteiger partial charge in [0.25, 0.3) is 0 Å². The summed E-state index contributed by atoms with van der Waals surface area (Å²) in [5.41, 5.74) is 3.68. The molecule has 0 spiro atoms. The first kappa shape index (κ1) is 13.0. The van der Waals surface area contributed by atoms with Crippen molar-refractivity contribution in [2.24, 2.45) is 5.84 Å². The highest BCUT2D eigenvalue weighted by molar-refractivity contribution is 5.58. The maximum atomic E-state index is 5.61. The molecule has 0 saturated carbocycles. The fourth-order valence-electron chi connectivity index (χ4n) is 2.54. The van der Waals surface area contributed by atoms with E-state index in [1.54, 1.807) is 6.33 Å². The number of anilines is 2. The third kappa shape index (κ3) is 2.26. The Bertz CT molecular complexity index is 411. The van der Waals surface area contributed by atoms with Crippen LogP contribution >= 0.6 is 0 Å². The summed E-state index contributed by atoms with van der Waals surface area (Å²) in [5.74, 6) is 7.12. The fraction of sp³-hybridized carbons (Fsp3) is 0.667. The molecule has 1 aromatic rings. The number of nitrogens with two attached hydrogens (primary N) is 1. The number of hydrogen-bond donors (Lipinski definition) is 2. The van der Waals surface area contributed by atoms with Gasteiger partial charge in [0, 0.05) is 19.2 Å². The Hall–Kier alpha value is -1.40. The van der Waals surface area contributed by atoms with Crippen molar-refractivity contribution in [3.05, 3.63) is 11.9 Å². The molecule has 6 nitrogen and oxygen atoms in total. The van der Waals surface area contributed by atoms with E-state index in [2.05, 4.69) is 41.2 Å². The molecule has 1 aromatic heterocycles. The molecule has 1 saturated heterocycles. The van der Waals surface area contributed by atoms with E-state index in [4.69, 9.17) is 10.6 Å². The average Bonchev–Trinajstić information content (AvgIpc) is 2.83. The van der Waals surface area contributed by atoms with Gasteiger partial charge in [-0.3, -0.25) is 0 Å². The SMILES string of the molecule is CCc1c(NN)ncnc1N(C)C1CCOC1C. The zero-order chi connectivity index (χ0) is 13.1. The first-order valence-corrected chi connectivity index (χ1v) is 6.34. The van der Waals surface area contributed by atoms with E-state index in [0.29, 0.717) is 11.9 Å². The first-order valence-electron chi connectivity index (χ1n) is 6.34. The van der Waals surface area contributed by atoms with Crippen molar-refractivity contribution in [1.29, 1.82) is 0 Å². The van der Waals surface area contributed by atoms with Crippen LogP contribution in [0.15, 0.2) is 6.33 Å². The molecular weight excluding hydrogens is 230 g/mol. The minimum Gasteiger partial charge on any atom is -0.376 e. The third-order valence-corrected chi connectivity index (χ3v) is 3.58. The van der Waals surface area contributed by atoms with E-state index in [1.165, 1.54) is 0 Å². The molecule has 0 bridgehead atoms. The van der Waals surface area contributed by atoms with Crippen LogP contribution in [0.1, 0.15) is 25.8 Å². The number of hydrazine groups is 1. The minimum atomic E-state index is 0.226. The van der Waals surface area contributed by atoms with Crippen LogP contribution in [0.5, 0.6) is 0 Å². The first-order chi connectivity index (χ1) is 8.69. The second-order valence-electron chi connectivity index (χ2n) is 4.57. The second kappa shape index (κ2) is 5.49. The van der Waals surface area contributed by atoms with Crippen LogP contribution in [-0.4, -0.2) is 35.8 Å². The Kier molecular flexibility index (Phi) is 3.98. The molecule has 0 radical (unpaired) electrons. The predicted octanol–water partition coefficient (Wildman–Crippen LogP) is 0.938. The Balaban J connectivity index is 2.32. The maximum absolute atomic E-state index is 5.61. The Labute approximate surface area is 108 Å². The summed E-state index contributed by atoms with van der Waals surface area (Å²) in [7, 11) is 2.05. The summed E-state index contributed by atoms with van der Waals surface area (Å²) >= 11 is 0. The van der Waals surface area contributed by atoms with Gasteiger partial charge in [-0.2, -0.15) is 0 Å². The molecule has 18 heavy (non-hydrogen) atoms. The molecule has 6 heteroatoms. The van der Waals surface area contributed by atoms with Gasteiger partial charge in [0.1, 0.15) is 18.0 Å². The van der Waals surface area contributed by atoms with Crippen LogP contribution in [0.25, 0.3) is 0 Å². The van der Waals surface area contributed by atoms with Gasteiger partial charge in [-0.05, 0) is 19.8 Å². The number of likely N-dealkylation sites (N-methyl/N-ethyl adjacent to an activating group) is 1. The van der Waals surface area contributed by atoms with Crippen molar-refractivity contribution >= 4 is 11.6 Å². The lowest BCUT2D eigenvalue weighted by Crippen LogP contribution is -2.38. The van der Waals surface area contributed by atoms with Crippen LogP contribution in [-0.2, 0) is 11.2 Å². The molecule has 2 atom stereocenters. The zero-order valence-electron chi connectivity index (χ0n) is 11.2. The summed E-state index contributed by atoms with van der Waals surface area (Å²) < 4.78 is 5.61. The van der Waals surface area contributed by atoms with Gasteiger partial charge in [0.2, 0.25) is 0 Å². The number of hydrogen-bond acceptors (Lipinski definition) is 6. The van der Waals surface area contributed by atoms with Crippen molar-refractivity contribution in [2.75, 3.05) is 24.0 Å². The highest BCUT2D eigenvalue weighted by atomic mass is 16.5. The zero-order valence-corrected chi connectivity index (χ0v) is 11.2. The van der Waals surface area contributed by atoms with Crippen molar-refractivity contribution in [1.82, 2.24) is 9.97 Å². The quantitative estimate of drug-likeness (QED) is 0.612. The molecule has 0 amide bonds. The molecule has 3 N–H and O–H groups in total. The van der Waals surface area contributed by atoms with Crippen LogP contribution in [0.4, 0.5) is 11.6 Å². The number of nitrogen functional groups attached to an aromatic ring is 1. The van der Waals surface area contributed by atoms with Crippen molar-refractivity contribution < 1.29 is 4.74 Å². The predicted molar refractivity (Wildman–Crippen MR) is 71.4 cm³/mol. The summed E-state index contributed by atoms with van der Waals surface area (Å²) in [6, 6.07) is 0.357. The molecular formula is C12H21N5O. The number of rotatable bonds is 4. The topological polar surface area (TPSA) is 76.3 Å². The lowest BCUT2D eigenvalue weighted by molar-refractivity contribution is 0.118. The minimum absolute atomic E-state index is 0.226. The lowest BCUT2D eigenvalue weighted by Gasteiger charge is -2.29. The number of nitrogens with zero attached hydrogens (tertiary/aromatic N) is 3. The van der Waals surface area contributed by atoms with Crippen molar-refractivity contribution in [3.8, 4) is 0 Å². The molecule has 1 fully saturated rings. The van der Waals surface area contributed by atoms with Gasteiger partial charge in [-0.15, -0.1) is 0 Å². The number of aromatic nitrogens is 2. The van der Waals surface area contributed by atoms with Gasteiger partial charge in [0.05, 0.1) is 12.1 Å². The van der Waals surface area contributed by atoms with Crippen LogP contribution in [0.3, 0.4) is 0 Å². The lowest BCUT2D eigenvalue weighted by atomic mass is 10.1. The fourth-order valence-corrected chi connectivity index (χ4v) is 2.54. The smallest absolute Gasteiger partial charge is 0.148 e. The highest BCUT2D eigenvalue weighted by Crippen LogP contribution is 2.28. The number of nitrogens with one attached hydrogen (secondary N) is 1. The van der Waals surface area contributed by atoms with Gasteiger partial charge in [0.15, 0.2) is 0 Å². The van der Waals surface area contributed by atoms with E-state index in [0.717, 1.165) is 30.8 Å². The van der Waals surface area contributed by atoms with E-state index < -0.39 is 0 Å². The normalized spacial score (nSPS) is 23.1. The average molecular weight is 251 g/mol. The van der Waals surface area contributed by atoms with Gasteiger partial charge >= 0.3 is 0 Å². The Morgan fingerprint density at radius 3 is 2.89 bits per heavy atom. The van der Waals surface area contributed by atoms with Crippen LogP contribution in [0.2, 0.25) is 0 Å². The summed E-state index contributed by atoms with van der Waals surface area (Å²) in [5, 5.41) is 0. The molecule has 1 aliphatic heterocycles. The second-order valence-corrected chi connectivity index (χ2v) is 4.57. The Morgan fingerprint density at radius 1 is 1.56 bits per heavy atom. The van der Waals surface area contributed by atoms with E-state index >= 15 is 0 Å². The molecule has 0 aliphatic carbocycles. The van der Waals surface area contributed by atoms with E-state index in [9.17, 15) is 0 Å². The molecule has 1 aliphatic rings. The van der Waals surface area contributed by atoms with E-state index in [-0.39, 0.29) is 6.10 Å². The van der Waals surface area contributed by atoms with Crippen LogP contribution < -0.4 is 16.2 Å². The summed E-state index contributed by atoms with van der Waals surface area (Å²) in [6.45, 7) is 4.99. The van der Waals surface area contributed by atoms with Crippen molar-refractivity contribution in [2.45, 2.75) is 38.8 Å². The Morgan fingerprint density at radius 2 is 2.33 bits per heavy atom. The van der Waals surface area contributed by atoms with E-state index in [1.807, 2.05) is 0 Å². The van der Waals surface area contributed by atoms with Gasteiger partial charge in [-0.1, -0.05) is 6.92 Å². The summed E-state index contributed by atoms with van der Waals surface area (Å²) in [6.07, 6.45) is 3.63. The van der Waals surface area contributed by atoms with Gasteiger partial charge < -0.3 is 15.1 Å². The number of ether oxygens (including phenoxy) is 1. The van der Waals surface area contributed by atoms with Crippen molar-refractivity contribution in [3.63, 3.8) is 0 Å². The third-order valence-electron chi connectivity index (χ3n) is 3.58. The maximum Gasteiger partial charge on any atom is 0.148 e. The molecule has 0 aromatic carbocycles. The molecule has 2 rings (SSSR count). The largest absolute Gasteiger partial charge is 0.376 e. The molecule has 2 heterocycles. The molecule has 100 valence electrons. The molecule has 2 unspecified atom stereocenters. The monoisotopic (exact) mass is 251 g/mol. The summed E-state index contributed by atoms with van der Waals surface area (Å²) in [4.78, 5) is 10.7. The van der Waals surface area contributed by atoms with Gasteiger partial charge in [-0.25, -0.2) is 15.8 Å². The highest BCUT2D eigenvalue weighted by Gasteiger charge is 2.30.